The molecule has 1 aliphatic heterocycles. The van der Waals surface area contributed by atoms with Gasteiger partial charge in [0.15, 0.2) is 0 Å². The van der Waals surface area contributed by atoms with Crippen LogP contribution in [-0.2, 0) is 11.3 Å². The molecule has 2 aromatic heterocycles. The first-order chi connectivity index (χ1) is 16.3. The molecule has 1 amide bonds. The zero-order chi connectivity index (χ0) is 22.5. The van der Waals surface area contributed by atoms with Crippen LogP contribution < -0.4 is 5.32 Å². The minimum atomic E-state index is -0.0198. The summed E-state index contributed by atoms with van der Waals surface area (Å²) < 4.78 is 0. The van der Waals surface area contributed by atoms with Gasteiger partial charge in [-0.05, 0) is 68.0 Å². The Kier molecular flexibility index (Phi) is 6.77. The van der Waals surface area contributed by atoms with Crippen LogP contribution in [0.3, 0.4) is 0 Å². The van der Waals surface area contributed by atoms with E-state index < -0.39 is 0 Å². The third kappa shape index (κ3) is 5.31. The molecule has 3 heterocycles. The van der Waals surface area contributed by atoms with Crippen LogP contribution in [0.1, 0.15) is 49.4 Å². The summed E-state index contributed by atoms with van der Waals surface area (Å²) in [5.74, 6) is 0.762. The van der Waals surface area contributed by atoms with Gasteiger partial charge in [0.05, 0.1) is 17.4 Å². The fourth-order valence-electron chi connectivity index (χ4n) is 5.01. The van der Waals surface area contributed by atoms with Crippen LogP contribution in [0.2, 0.25) is 0 Å². The topological polar surface area (TPSA) is 58.1 Å². The molecule has 5 heteroatoms. The molecular weight excluding hydrogens is 408 g/mol. The second-order valence-corrected chi connectivity index (χ2v) is 9.42. The fraction of sp³-hybridized carbons (Fsp3) is 0.393. The lowest BCUT2D eigenvalue weighted by Crippen LogP contribution is -2.45. The quantitative estimate of drug-likeness (QED) is 0.561. The number of nitrogens with one attached hydrogen (secondary N) is 1. The lowest BCUT2D eigenvalue weighted by Gasteiger charge is -2.38. The lowest BCUT2D eigenvalue weighted by atomic mass is 9.83. The number of piperidine rings is 1. The van der Waals surface area contributed by atoms with Crippen LogP contribution in [0.5, 0.6) is 0 Å². The Balaban J connectivity index is 1.26. The van der Waals surface area contributed by atoms with Crippen LogP contribution in [0, 0.1) is 11.8 Å². The van der Waals surface area contributed by atoms with Crippen LogP contribution in [0.15, 0.2) is 73.1 Å². The van der Waals surface area contributed by atoms with Crippen LogP contribution in [-0.4, -0.2) is 33.9 Å². The minimum Gasteiger partial charge on any atom is -0.347 e. The average Bonchev–Trinajstić information content (AvgIpc) is 2.83. The van der Waals surface area contributed by atoms with Crippen LogP contribution in [0.25, 0.3) is 11.3 Å². The minimum absolute atomic E-state index is 0.0198. The van der Waals surface area contributed by atoms with Crippen molar-refractivity contribution in [3.05, 3.63) is 84.3 Å². The summed E-state index contributed by atoms with van der Waals surface area (Å²) in [6.07, 6.45) is 9.13. The highest BCUT2D eigenvalue weighted by Crippen LogP contribution is 2.32. The van der Waals surface area contributed by atoms with Gasteiger partial charge in [-0.3, -0.25) is 19.7 Å². The van der Waals surface area contributed by atoms with E-state index in [2.05, 4.69) is 50.5 Å². The first kappa shape index (κ1) is 21.8. The summed E-state index contributed by atoms with van der Waals surface area (Å²) in [5, 5.41) is 3.38. The van der Waals surface area contributed by atoms with Gasteiger partial charge in [0.2, 0.25) is 5.91 Å². The molecule has 2 fully saturated rings. The predicted molar refractivity (Wildman–Crippen MR) is 130 cm³/mol. The maximum absolute atomic E-state index is 12.8. The number of amides is 1. The summed E-state index contributed by atoms with van der Waals surface area (Å²) in [4.78, 5) is 24.4. The first-order valence-corrected chi connectivity index (χ1v) is 12.2. The normalized spacial score (nSPS) is 20.1. The van der Waals surface area contributed by atoms with Gasteiger partial charge in [-0.1, -0.05) is 42.8 Å². The van der Waals surface area contributed by atoms with Gasteiger partial charge in [-0.15, -0.1) is 0 Å². The summed E-state index contributed by atoms with van der Waals surface area (Å²) in [6, 6.07) is 20.7. The molecule has 5 rings (SSSR count). The molecule has 0 bridgehead atoms. The second kappa shape index (κ2) is 10.3. The molecule has 0 spiro atoms. The molecule has 170 valence electrons. The van der Waals surface area contributed by atoms with Crippen molar-refractivity contribution in [2.45, 2.75) is 44.7 Å². The van der Waals surface area contributed by atoms with Crippen molar-refractivity contribution in [3.8, 4) is 11.3 Å². The van der Waals surface area contributed by atoms with E-state index in [0.29, 0.717) is 5.92 Å². The zero-order valence-electron chi connectivity index (χ0n) is 19.1. The van der Waals surface area contributed by atoms with Crippen molar-refractivity contribution < 1.29 is 4.79 Å². The van der Waals surface area contributed by atoms with Gasteiger partial charge < -0.3 is 5.32 Å². The average molecular weight is 441 g/mol. The maximum Gasteiger partial charge on any atom is 0.223 e. The summed E-state index contributed by atoms with van der Waals surface area (Å²) in [7, 11) is 0. The van der Waals surface area contributed by atoms with Crippen LogP contribution >= 0.6 is 0 Å². The van der Waals surface area contributed by atoms with Gasteiger partial charge in [0.25, 0.3) is 0 Å². The molecule has 3 aromatic rings. The molecule has 1 saturated heterocycles. The van der Waals surface area contributed by atoms with E-state index in [4.69, 9.17) is 0 Å². The first-order valence-electron chi connectivity index (χ1n) is 12.2. The van der Waals surface area contributed by atoms with Crippen molar-refractivity contribution in [1.82, 2.24) is 20.2 Å². The van der Waals surface area contributed by atoms with Gasteiger partial charge in [0.1, 0.15) is 0 Å². The number of likely N-dealkylation sites (tertiary alicyclic amines) is 1. The number of carbonyl (C=O) groups excluding carboxylic acids is 1. The van der Waals surface area contributed by atoms with Gasteiger partial charge in [-0.25, -0.2) is 0 Å². The largest absolute Gasteiger partial charge is 0.347 e. The summed E-state index contributed by atoms with van der Waals surface area (Å²) in [5.41, 5.74) is 4.44. The monoisotopic (exact) mass is 440 g/mol. The Hall–Kier alpha value is -3.05. The highest BCUT2D eigenvalue weighted by Gasteiger charge is 2.33. The Labute approximate surface area is 196 Å². The Morgan fingerprint density at radius 3 is 2.39 bits per heavy atom. The SMILES string of the molecule is O=C(N[C@H](c1ccccn1)[C@@H]1CCCN(Cc2ccc(-c3ccccn3)cc2)C1)C1CCC1. The number of nitrogens with zero attached hydrogens (tertiary/aromatic N) is 3. The second-order valence-electron chi connectivity index (χ2n) is 9.42. The van der Waals surface area contributed by atoms with Crippen molar-refractivity contribution in [3.63, 3.8) is 0 Å². The van der Waals surface area contributed by atoms with Crippen molar-refractivity contribution in [2.24, 2.45) is 11.8 Å². The van der Waals surface area contributed by atoms with Gasteiger partial charge in [-0.2, -0.15) is 0 Å². The van der Waals surface area contributed by atoms with E-state index in [0.717, 1.165) is 62.3 Å². The third-order valence-corrected chi connectivity index (χ3v) is 7.11. The molecule has 1 saturated carbocycles. The smallest absolute Gasteiger partial charge is 0.223 e. The number of aromatic nitrogens is 2. The van der Waals surface area contributed by atoms with Crippen LogP contribution in [0.4, 0.5) is 0 Å². The van der Waals surface area contributed by atoms with E-state index in [1.165, 1.54) is 12.0 Å². The molecule has 2 aliphatic rings. The van der Waals surface area contributed by atoms with Crippen molar-refractivity contribution in [1.29, 1.82) is 0 Å². The van der Waals surface area contributed by atoms with Crippen molar-refractivity contribution >= 4 is 5.91 Å². The van der Waals surface area contributed by atoms with E-state index in [1.807, 2.05) is 42.7 Å². The van der Waals surface area contributed by atoms with Gasteiger partial charge >= 0.3 is 0 Å². The molecule has 0 radical (unpaired) electrons. The molecule has 33 heavy (non-hydrogen) atoms. The third-order valence-electron chi connectivity index (χ3n) is 7.11. The van der Waals surface area contributed by atoms with Crippen molar-refractivity contribution in [2.75, 3.05) is 13.1 Å². The number of benzene rings is 1. The number of rotatable bonds is 7. The summed E-state index contributed by atoms with van der Waals surface area (Å²) in [6.45, 7) is 2.97. The Morgan fingerprint density at radius 2 is 1.73 bits per heavy atom. The number of hydrogen-bond acceptors (Lipinski definition) is 4. The molecule has 1 aliphatic carbocycles. The standard InChI is InChI=1S/C28H32N4O/c33-28(23-7-5-8-23)31-27(26-11-2-4-17-30-26)24-9-6-18-32(20-24)19-21-12-14-22(15-13-21)25-10-1-3-16-29-25/h1-4,10-17,23-24,27H,5-9,18-20H2,(H,31,33)/t24-,27+/m1/s1. The number of carbonyl (C=O) groups is 1. The predicted octanol–water partition coefficient (Wildman–Crippen LogP) is 5.01. The van der Waals surface area contributed by atoms with E-state index in [9.17, 15) is 4.79 Å². The molecule has 2 atom stereocenters. The lowest BCUT2D eigenvalue weighted by molar-refractivity contribution is -0.128. The van der Waals surface area contributed by atoms with E-state index in [-0.39, 0.29) is 17.9 Å². The molecule has 5 nitrogen and oxygen atoms in total. The van der Waals surface area contributed by atoms with Gasteiger partial charge in [0, 0.05) is 37.0 Å². The number of hydrogen-bond donors (Lipinski definition) is 1. The Morgan fingerprint density at radius 1 is 0.939 bits per heavy atom. The maximum atomic E-state index is 12.8. The Bertz CT molecular complexity index is 1030. The number of pyridine rings is 2. The molecular formula is C28H32N4O. The van der Waals surface area contributed by atoms with E-state index >= 15 is 0 Å². The summed E-state index contributed by atoms with van der Waals surface area (Å²) >= 11 is 0. The highest BCUT2D eigenvalue weighted by atomic mass is 16.2. The zero-order valence-corrected chi connectivity index (χ0v) is 19.1. The van der Waals surface area contributed by atoms with E-state index in [1.54, 1.807) is 0 Å². The molecule has 1 aromatic carbocycles. The fourth-order valence-corrected chi connectivity index (χ4v) is 5.01. The molecule has 0 unspecified atom stereocenters. The molecule has 1 N–H and O–H groups in total. The highest BCUT2D eigenvalue weighted by molar-refractivity contribution is 5.79.